The Bertz CT molecular complexity index is 514. The lowest BCUT2D eigenvalue weighted by molar-refractivity contribution is -0.384. The van der Waals surface area contributed by atoms with Gasteiger partial charge in [-0.3, -0.25) is 14.9 Å². The molecule has 0 saturated carbocycles. The second-order valence-electron chi connectivity index (χ2n) is 3.48. The highest BCUT2D eigenvalue weighted by molar-refractivity contribution is 5.97. The molecule has 0 spiro atoms. The molecule has 0 fully saturated rings. The molecule has 0 aromatic heterocycles. The minimum atomic E-state index is -1.14. The molecule has 0 radical (unpaired) electrons. The molecule has 8 heteroatoms. The standard InChI is InChI=1S/C10H11N3O5/c1-5(9(12)14)18-10(15)7-4-6(13(16)17)2-3-8(7)11/h2-5H,11H2,1H3,(H2,12,14). The van der Waals surface area contributed by atoms with Crippen molar-refractivity contribution < 1.29 is 19.2 Å². The maximum absolute atomic E-state index is 11.6. The normalized spacial score (nSPS) is 11.6. The lowest BCUT2D eigenvalue weighted by atomic mass is 10.1. The number of amides is 1. The van der Waals surface area contributed by atoms with Crippen LogP contribution in [-0.4, -0.2) is 22.9 Å². The van der Waals surface area contributed by atoms with Crippen LogP contribution in [0.15, 0.2) is 18.2 Å². The lowest BCUT2D eigenvalue weighted by Gasteiger charge is -2.10. The topological polar surface area (TPSA) is 139 Å². The molecule has 1 aromatic carbocycles. The van der Waals surface area contributed by atoms with Crippen molar-refractivity contribution in [1.82, 2.24) is 0 Å². The fourth-order valence-electron chi connectivity index (χ4n) is 1.12. The third-order valence-electron chi connectivity index (χ3n) is 2.15. The van der Waals surface area contributed by atoms with E-state index in [1.807, 2.05) is 0 Å². The van der Waals surface area contributed by atoms with Gasteiger partial charge in [-0.2, -0.15) is 0 Å². The van der Waals surface area contributed by atoms with Gasteiger partial charge in [0.2, 0.25) is 0 Å². The van der Waals surface area contributed by atoms with Gasteiger partial charge in [-0.05, 0) is 13.0 Å². The monoisotopic (exact) mass is 253 g/mol. The van der Waals surface area contributed by atoms with Crippen LogP contribution in [0.25, 0.3) is 0 Å². The number of benzene rings is 1. The van der Waals surface area contributed by atoms with E-state index in [1.54, 1.807) is 0 Å². The zero-order valence-electron chi connectivity index (χ0n) is 9.45. The quantitative estimate of drug-likeness (QED) is 0.340. The van der Waals surface area contributed by atoms with E-state index in [0.29, 0.717) is 0 Å². The maximum atomic E-state index is 11.6. The molecular formula is C10H11N3O5. The van der Waals surface area contributed by atoms with Crippen molar-refractivity contribution in [2.24, 2.45) is 5.73 Å². The highest BCUT2D eigenvalue weighted by Gasteiger charge is 2.20. The Morgan fingerprint density at radius 1 is 1.44 bits per heavy atom. The van der Waals surface area contributed by atoms with E-state index in [4.69, 9.17) is 16.2 Å². The molecule has 0 bridgehead atoms. The minimum Gasteiger partial charge on any atom is -0.449 e. The van der Waals surface area contributed by atoms with Crippen molar-refractivity contribution in [3.63, 3.8) is 0 Å². The Morgan fingerprint density at radius 2 is 2.06 bits per heavy atom. The molecule has 1 amide bonds. The third kappa shape index (κ3) is 2.94. The number of hydrogen-bond acceptors (Lipinski definition) is 6. The van der Waals surface area contributed by atoms with E-state index in [1.165, 1.54) is 13.0 Å². The molecule has 0 heterocycles. The first kappa shape index (κ1) is 13.4. The van der Waals surface area contributed by atoms with Crippen LogP contribution in [0.4, 0.5) is 11.4 Å². The van der Waals surface area contributed by atoms with Crippen molar-refractivity contribution in [2.75, 3.05) is 5.73 Å². The molecule has 1 aromatic rings. The number of hydrogen-bond donors (Lipinski definition) is 2. The first-order valence-electron chi connectivity index (χ1n) is 4.87. The molecule has 1 unspecified atom stereocenters. The fourth-order valence-corrected chi connectivity index (χ4v) is 1.12. The summed E-state index contributed by atoms with van der Waals surface area (Å²) >= 11 is 0. The van der Waals surface area contributed by atoms with Crippen LogP contribution < -0.4 is 11.5 Å². The number of nitro groups is 1. The second-order valence-corrected chi connectivity index (χ2v) is 3.48. The van der Waals surface area contributed by atoms with Gasteiger partial charge in [0.05, 0.1) is 10.5 Å². The number of anilines is 1. The predicted octanol–water partition coefficient (Wildman–Crippen LogP) is 0.208. The summed E-state index contributed by atoms with van der Waals surface area (Å²) in [5.74, 6) is -1.77. The first-order valence-corrected chi connectivity index (χ1v) is 4.87. The molecule has 0 saturated heterocycles. The minimum absolute atomic E-state index is 0.0160. The van der Waals surface area contributed by atoms with Crippen LogP contribution in [0.1, 0.15) is 17.3 Å². The highest BCUT2D eigenvalue weighted by Crippen LogP contribution is 2.20. The fraction of sp³-hybridized carbons (Fsp3) is 0.200. The number of nitrogens with two attached hydrogens (primary N) is 2. The second kappa shape index (κ2) is 5.13. The summed E-state index contributed by atoms with van der Waals surface area (Å²) in [6.45, 7) is 1.29. The maximum Gasteiger partial charge on any atom is 0.341 e. The van der Waals surface area contributed by atoms with Gasteiger partial charge in [0, 0.05) is 17.8 Å². The van der Waals surface area contributed by atoms with Gasteiger partial charge in [-0.25, -0.2) is 4.79 Å². The lowest BCUT2D eigenvalue weighted by Crippen LogP contribution is -2.30. The number of nitrogens with zero attached hydrogens (tertiary/aromatic N) is 1. The Hall–Kier alpha value is -2.64. The summed E-state index contributed by atoms with van der Waals surface area (Å²) in [6, 6.07) is 3.35. The van der Waals surface area contributed by atoms with Crippen LogP contribution >= 0.6 is 0 Å². The first-order chi connectivity index (χ1) is 8.32. The summed E-state index contributed by atoms with van der Waals surface area (Å²) < 4.78 is 4.70. The Balaban J connectivity index is 3.01. The van der Waals surface area contributed by atoms with E-state index >= 15 is 0 Å². The van der Waals surface area contributed by atoms with E-state index in [-0.39, 0.29) is 16.9 Å². The largest absolute Gasteiger partial charge is 0.449 e. The van der Waals surface area contributed by atoms with E-state index < -0.39 is 22.9 Å². The average Bonchev–Trinajstić information content (AvgIpc) is 2.28. The van der Waals surface area contributed by atoms with Gasteiger partial charge in [0.1, 0.15) is 0 Å². The molecule has 1 rings (SSSR count). The van der Waals surface area contributed by atoms with Gasteiger partial charge in [0.15, 0.2) is 6.10 Å². The Labute approximate surface area is 102 Å². The van der Waals surface area contributed by atoms with E-state index in [2.05, 4.69) is 0 Å². The summed E-state index contributed by atoms with van der Waals surface area (Å²) in [4.78, 5) is 32.2. The van der Waals surface area contributed by atoms with Gasteiger partial charge >= 0.3 is 5.97 Å². The van der Waals surface area contributed by atoms with Gasteiger partial charge < -0.3 is 16.2 Å². The number of nitrogen functional groups attached to an aromatic ring is 1. The summed E-state index contributed by atoms with van der Waals surface area (Å²) in [7, 11) is 0. The van der Waals surface area contributed by atoms with Gasteiger partial charge in [0.25, 0.3) is 11.6 Å². The number of nitro benzene ring substituents is 1. The summed E-state index contributed by atoms with van der Waals surface area (Å²) in [6.07, 6.45) is -1.14. The number of ether oxygens (including phenoxy) is 1. The molecule has 0 aliphatic heterocycles. The van der Waals surface area contributed by atoms with Crippen molar-refractivity contribution in [3.8, 4) is 0 Å². The summed E-state index contributed by atoms with van der Waals surface area (Å²) in [5, 5.41) is 10.6. The number of carbonyl (C=O) groups is 2. The third-order valence-corrected chi connectivity index (χ3v) is 2.15. The van der Waals surface area contributed by atoms with Crippen LogP contribution in [0.3, 0.4) is 0 Å². The number of primary amides is 1. The Kier molecular flexibility index (Phi) is 3.82. The smallest absolute Gasteiger partial charge is 0.341 e. The van der Waals surface area contributed by atoms with Crippen LogP contribution in [-0.2, 0) is 9.53 Å². The predicted molar refractivity (Wildman–Crippen MR) is 61.6 cm³/mol. The van der Waals surface area contributed by atoms with Crippen LogP contribution in [0.2, 0.25) is 0 Å². The number of rotatable bonds is 4. The molecule has 4 N–H and O–H groups in total. The van der Waals surface area contributed by atoms with Crippen molar-refractivity contribution in [1.29, 1.82) is 0 Å². The number of esters is 1. The highest BCUT2D eigenvalue weighted by atomic mass is 16.6. The van der Waals surface area contributed by atoms with Gasteiger partial charge in [-0.1, -0.05) is 0 Å². The number of non-ortho nitro benzene ring substituents is 1. The molecule has 8 nitrogen and oxygen atoms in total. The zero-order chi connectivity index (χ0) is 13.9. The molecule has 96 valence electrons. The number of carbonyl (C=O) groups excluding carboxylic acids is 2. The molecule has 0 aliphatic rings. The summed E-state index contributed by atoms with van der Waals surface area (Å²) in [5.41, 5.74) is 9.96. The van der Waals surface area contributed by atoms with Crippen molar-refractivity contribution >= 4 is 23.3 Å². The van der Waals surface area contributed by atoms with Crippen molar-refractivity contribution in [2.45, 2.75) is 13.0 Å². The Morgan fingerprint density at radius 3 is 2.56 bits per heavy atom. The van der Waals surface area contributed by atoms with Crippen LogP contribution in [0, 0.1) is 10.1 Å². The zero-order valence-corrected chi connectivity index (χ0v) is 9.45. The van der Waals surface area contributed by atoms with Crippen molar-refractivity contribution in [3.05, 3.63) is 33.9 Å². The van der Waals surface area contributed by atoms with Gasteiger partial charge in [-0.15, -0.1) is 0 Å². The van der Waals surface area contributed by atoms with E-state index in [0.717, 1.165) is 12.1 Å². The average molecular weight is 253 g/mol. The SMILES string of the molecule is CC(OC(=O)c1cc([N+](=O)[O-])ccc1N)C(N)=O. The molecule has 1 atom stereocenters. The molecule has 18 heavy (non-hydrogen) atoms. The van der Waals surface area contributed by atoms with Crippen LogP contribution in [0.5, 0.6) is 0 Å². The molecule has 0 aliphatic carbocycles. The van der Waals surface area contributed by atoms with E-state index in [9.17, 15) is 19.7 Å². The molecular weight excluding hydrogens is 242 g/mol.